The van der Waals surface area contributed by atoms with E-state index in [0.717, 1.165) is 37.1 Å². The molecule has 2 saturated carbocycles. The highest BCUT2D eigenvalue weighted by atomic mass is 35.5. The van der Waals surface area contributed by atoms with Crippen LogP contribution >= 0.6 is 12.4 Å². The fourth-order valence-electron chi connectivity index (χ4n) is 5.61. The summed E-state index contributed by atoms with van der Waals surface area (Å²) in [4.78, 5) is 15.6. The number of hydrogen-bond acceptors (Lipinski definition) is 3. The van der Waals surface area contributed by atoms with E-state index < -0.39 is 0 Å². The van der Waals surface area contributed by atoms with Gasteiger partial charge in [-0.2, -0.15) is 0 Å². The lowest BCUT2D eigenvalue weighted by Crippen LogP contribution is -2.54. The second-order valence-electron chi connectivity index (χ2n) is 7.98. The molecule has 3 saturated heterocycles. The Labute approximate surface area is 139 Å². The second kappa shape index (κ2) is 6.29. The van der Waals surface area contributed by atoms with Crippen molar-refractivity contribution in [1.29, 1.82) is 0 Å². The van der Waals surface area contributed by atoms with Gasteiger partial charge in [0.1, 0.15) is 0 Å². The quantitative estimate of drug-likeness (QED) is 0.845. The topological polar surface area (TPSA) is 55.6 Å². The van der Waals surface area contributed by atoms with Crippen LogP contribution in [-0.4, -0.2) is 43.2 Å². The van der Waals surface area contributed by atoms with Gasteiger partial charge >= 0.3 is 0 Å². The van der Waals surface area contributed by atoms with Crippen LogP contribution in [0.5, 0.6) is 0 Å². The van der Waals surface area contributed by atoms with E-state index in [2.05, 4.69) is 4.90 Å². The highest BCUT2D eigenvalue weighted by Gasteiger charge is 2.49. The molecule has 4 nitrogen and oxygen atoms in total. The van der Waals surface area contributed by atoms with Crippen molar-refractivity contribution >= 4 is 18.3 Å². The van der Waals surface area contributed by atoms with E-state index in [1.54, 1.807) is 0 Å². The number of amides is 1. The van der Waals surface area contributed by atoms with Crippen LogP contribution in [0.3, 0.4) is 0 Å². The van der Waals surface area contributed by atoms with Gasteiger partial charge in [0.25, 0.3) is 0 Å². The zero-order valence-electron chi connectivity index (χ0n) is 13.3. The van der Waals surface area contributed by atoms with E-state index in [4.69, 9.17) is 10.5 Å². The molecule has 0 aromatic heterocycles. The molecule has 5 aliphatic rings. The number of carbonyl (C=O) groups is 1. The third-order valence-corrected chi connectivity index (χ3v) is 6.66. The van der Waals surface area contributed by atoms with Crippen molar-refractivity contribution in [2.24, 2.45) is 28.9 Å². The van der Waals surface area contributed by atoms with Gasteiger partial charge in [-0.3, -0.25) is 4.79 Å². The lowest BCUT2D eigenvalue weighted by molar-refractivity contribution is -0.150. The van der Waals surface area contributed by atoms with Gasteiger partial charge in [0, 0.05) is 32.3 Å². The fourth-order valence-corrected chi connectivity index (χ4v) is 5.61. The first-order valence-electron chi connectivity index (χ1n) is 8.79. The number of hydrogen-bond donors (Lipinski definition) is 1. The molecule has 4 bridgehead atoms. The number of halogens is 1. The van der Waals surface area contributed by atoms with Crippen molar-refractivity contribution in [2.45, 2.75) is 51.0 Å². The van der Waals surface area contributed by atoms with Crippen molar-refractivity contribution in [3.05, 3.63) is 0 Å². The number of fused-ring (bicyclic) bond motifs is 1. The van der Waals surface area contributed by atoms with E-state index >= 15 is 0 Å². The van der Waals surface area contributed by atoms with E-state index in [-0.39, 0.29) is 17.8 Å². The van der Waals surface area contributed by atoms with Crippen LogP contribution < -0.4 is 5.73 Å². The third kappa shape index (κ3) is 2.67. The van der Waals surface area contributed by atoms with Crippen LogP contribution in [0.25, 0.3) is 0 Å². The van der Waals surface area contributed by atoms with Crippen LogP contribution in [-0.2, 0) is 9.53 Å². The molecule has 22 heavy (non-hydrogen) atoms. The molecular formula is C17H29ClN2O2. The molecule has 3 heterocycles. The van der Waals surface area contributed by atoms with E-state index in [0.29, 0.717) is 31.7 Å². The van der Waals surface area contributed by atoms with E-state index in [9.17, 15) is 4.79 Å². The van der Waals surface area contributed by atoms with Crippen molar-refractivity contribution in [3.8, 4) is 0 Å². The van der Waals surface area contributed by atoms with Gasteiger partial charge in [0.05, 0.1) is 5.41 Å². The number of nitrogens with zero attached hydrogens (tertiary/aromatic N) is 1. The molecule has 2 unspecified atom stereocenters. The maximum Gasteiger partial charge on any atom is 0.230 e. The largest absolute Gasteiger partial charge is 0.381 e. The van der Waals surface area contributed by atoms with E-state index in [1.807, 2.05) is 0 Å². The van der Waals surface area contributed by atoms with Crippen LogP contribution in [0.1, 0.15) is 44.9 Å². The minimum absolute atomic E-state index is 0. The Morgan fingerprint density at radius 1 is 1.05 bits per heavy atom. The van der Waals surface area contributed by atoms with Crippen molar-refractivity contribution in [1.82, 2.24) is 4.90 Å². The molecule has 2 atom stereocenters. The van der Waals surface area contributed by atoms with Gasteiger partial charge < -0.3 is 15.4 Å². The number of nitrogens with two attached hydrogens (primary N) is 1. The van der Waals surface area contributed by atoms with Crippen LogP contribution in [0.4, 0.5) is 0 Å². The van der Waals surface area contributed by atoms with Gasteiger partial charge in [-0.1, -0.05) is 0 Å². The maximum absolute atomic E-state index is 13.3. The molecule has 2 N–H and O–H groups in total. The molecule has 0 radical (unpaired) electrons. The summed E-state index contributed by atoms with van der Waals surface area (Å²) in [6.45, 7) is 2.86. The monoisotopic (exact) mass is 328 g/mol. The fraction of sp³-hybridized carbons (Fsp3) is 0.941. The zero-order valence-corrected chi connectivity index (χ0v) is 14.2. The van der Waals surface area contributed by atoms with Crippen LogP contribution in [0, 0.1) is 23.2 Å². The molecule has 0 aromatic carbocycles. The number of carbonyl (C=O) groups excluding carboxylic acids is 1. The third-order valence-electron chi connectivity index (χ3n) is 6.66. The smallest absolute Gasteiger partial charge is 0.230 e. The molecule has 5 heteroatoms. The Morgan fingerprint density at radius 2 is 1.64 bits per heavy atom. The first-order valence-corrected chi connectivity index (χ1v) is 8.79. The van der Waals surface area contributed by atoms with Crippen LogP contribution in [0.2, 0.25) is 0 Å². The van der Waals surface area contributed by atoms with Crippen LogP contribution in [0.15, 0.2) is 0 Å². The second-order valence-corrected chi connectivity index (χ2v) is 7.98. The van der Waals surface area contributed by atoms with Gasteiger partial charge in [-0.15, -0.1) is 12.4 Å². The Hall–Kier alpha value is -0.320. The normalized spacial score (nSPS) is 39.2. The Balaban J connectivity index is 0.00000144. The number of ether oxygens (including phenoxy) is 1. The summed E-state index contributed by atoms with van der Waals surface area (Å²) in [5, 5.41) is 0. The van der Waals surface area contributed by atoms with Gasteiger partial charge in [0.15, 0.2) is 0 Å². The minimum atomic E-state index is -0.333. The molecule has 5 rings (SSSR count). The molecule has 2 aliphatic carbocycles. The lowest BCUT2D eigenvalue weighted by Gasteiger charge is -2.43. The predicted molar refractivity (Wildman–Crippen MR) is 87.8 cm³/mol. The van der Waals surface area contributed by atoms with Crippen molar-refractivity contribution < 1.29 is 9.53 Å². The van der Waals surface area contributed by atoms with Crippen molar-refractivity contribution in [3.63, 3.8) is 0 Å². The Bertz CT molecular complexity index is 411. The Morgan fingerprint density at radius 3 is 2.23 bits per heavy atom. The summed E-state index contributed by atoms with van der Waals surface area (Å²) >= 11 is 0. The molecule has 1 amide bonds. The predicted octanol–water partition coefficient (Wildman–Crippen LogP) is 2.20. The average Bonchev–Trinajstić information content (AvgIpc) is 2.71. The average molecular weight is 329 g/mol. The standard InChI is InChI=1S/C17H28N2O2.ClH/c18-11-17(1-3-21-4-2-17)16(20)19-10-14-6-12-5-13(7-14)9-15(19)8-12;/h12-15H,1-11,18H2;1H. The highest BCUT2D eigenvalue weighted by Crippen LogP contribution is 2.48. The molecule has 5 fully saturated rings. The first kappa shape index (κ1) is 16.5. The molecule has 0 spiro atoms. The summed E-state index contributed by atoms with van der Waals surface area (Å²) in [5.74, 6) is 2.87. The highest BCUT2D eigenvalue weighted by molar-refractivity contribution is 5.85. The first-order chi connectivity index (χ1) is 10.2. The van der Waals surface area contributed by atoms with Gasteiger partial charge in [-0.05, 0) is 62.7 Å². The summed E-state index contributed by atoms with van der Waals surface area (Å²) in [6, 6.07) is 0.500. The summed E-state index contributed by atoms with van der Waals surface area (Å²) < 4.78 is 5.47. The van der Waals surface area contributed by atoms with Gasteiger partial charge in [0.2, 0.25) is 5.91 Å². The lowest BCUT2D eigenvalue weighted by atomic mass is 9.68. The number of rotatable bonds is 2. The van der Waals surface area contributed by atoms with Crippen molar-refractivity contribution in [2.75, 3.05) is 26.3 Å². The Kier molecular flexibility index (Phi) is 4.73. The SMILES string of the molecule is Cl.NCC1(C(=O)N2CC3CC4CC(C3)CC2C4)CCOCC1. The minimum Gasteiger partial charge on any atom is -0.381 e. The van der Waals surface area contributed by atoms with Gasteiger partial charge in [-0.25, -0.2) is 0 Å². The maximum atomic E-state index is 13.3. The van der Waals surface area contributed by atoms with E-state index in [1.165, 1.54) is 32.1 Å². The summed E-state index contributed by atoms with van der Waals surface area (Å²) in [7, 11) is 0. The molecular weight excluding hydrogens is 300 g/mol. The summed E-state index contributed by atoms with van der Waals surface area (Å²) in [5.41, 5.74) is 5.72. The zero-order chi connectivity index (χ0) is 14.4. The summed E-state index contributed by atoms with van der Waals surface area (Å²) in [6.07, 6.45) is 8.24. The molecule has 3 aliphatic heterocycles. The molecule has 0 aromatic rings. The molecule has 126 valence electrons.